The van der Waals surface area contributed by atoms with Gasteiger partial charge in [0.25, 0.3) is 5.69 Å². The van der Waals surface area contributed by atoms with E-state index >= 15 is 0 Å². The molecule has 142 valence electrons. The Labute approximate surface area is 148 Å². The number of nitrogens with zero attached hydrogens (tertiary/aromatic N) is 3. The van der Waals surface area contributed by atoms with Crippen molar-refractivity contribution in [3.63, 3.8) is 0 Å². The molecule has 1 aromatic carbocycles. The lowest BCUT2D eigenvalue weighted by molar-refractivity contribution is -0.384. The SMILES string of the molecule is O=C(C1CCCC1)N1CCN(c2ccc(C(F)(F)F)cc2[N+](=O)[O-])CC1. The molecule has 26 heavy (non-hydrogen) atoms. The quantitative estimate of drug-likeness (QED) is 0.603. The average Bonchev–Trinajstić information content (AvgIpc) is 3.14. The summed E-state index contributed by atoms with van der Waals surface area (Å²) in [4.78, 5) is 26.3. The van der Waals surface area contributed by atoms with Crippen molar-refractivity contribution in [3.8, 4) is 0 Å². The Kier molecular flexibility index (Phi) is 5.06. The standard InChI is InChI=1S/C17H20F3N3O3/c18-17(19,20)13-5-6-14(15(11-13)23(25)26)21-7-9-22(10-8-21)16(24)12-3-1-2-4-12/h5-6,11-12H,1-4,7-10H2. The van der Waals surface area contributed by atoms with Gasteiger partial charge in [0.05, 0.1) is 10.5 Å². The van der Waals surface area contributed by atoms with Gasteiger partial charge in [0.1, 0.15) is 5.69 Å². The van der Waals surface area contributed by atoms with Crippen molar-refractivity contribution in [3.05, 3.63) is 33.9 Å². The highest BCUT2D eigenvalue weighted by atomic mass is 19.4. The molecule has 1 heterocycles. The molecule has 3 rings (SSSR count). The number of nitro groups is 1. The number of nitro benzene ring substituents is 1. The normalized spacial score (nSPS) is 19.0. The van der Waals surface area contributed by atoms with E-state index in [-0.39, 0.29) is 17.5 Å². The molecule has 0 unspecified atom stereocenters. The minimum absolute atomic E-state index is 0.0713. The van der Waals surface area contributed by atoms with Gasteiger partial charge in [-0.1, -0.05) is 12.8 Å². The first-order valence-electron chi connectivity index (χ1n) is 8.67. The summed E-state index contributed by atoms with van der Waals surface area (Å²) in [6.45, 7) is 1.58. The second kappa shape index (κ2) is 7.13. The van der Waals surface area contributed by atoms with E-state index in [1.165, 1.54) is 0 Å². The number of hydrogen-bond acceptors (Lipinski definition) is 4. The van der Waals surface area contributed by atoms with E-state index in [0.717, 1.165) is 37.8 Å². The number of piperazine rings is 1. The van der Waals surface area contributed by atoms with Crippen LogP contribution in [0.15, 0.2) is 18.2 Å². The number of carbonyl (C=O) groups is 1. The Morgan fingerprint density at radius 1 is 1.12 bits per heavy atom. The van der Waals surface area contributed by atoms with Crippen molar-refractivity contribution in [2.24, 2.45) is 5.92 Å². The fourth-order valence-electron chi connectivity index (χ4n) is 3.71. The zero-order valence-corrected chi connectivity index (χ0v) is 14.2. The molecular formula is C17H20F3N3O3. The number of amides is 1. The summed E-state index contributed by atoms with van der Waals surface area (Å²) in [7, 11) is 0. The maximum absolute atomic E-state index is 12.8. The lowest BCUT2D eigenvalue weighted by Crippen LogP contribution is -2.50. The summed E-state index contributed by atoms with van der Waals surface area (Å²) in [5.74, 6) is 0.200. The van der Waals surface area contributed by atoms with E-state index in [1.54, 1.807) is 9.80 Å². The molecule has 1 saturated heterocycles. The molecule has 6 nitrogen and oxygen atoms in total. The van der Waals surface area contributed by atoms with Crippen LogP contribution in [0.5, 0.6) is 0 Å². The minimum atomic E-state index is -4.63. The van der Waals surface area contributed by atoms with E-state index in [2.05, 4.69) is 0 Å². The fraction of sp³-hybridized carbons (Fsp3) is 0.588. The summed E-state index contributed by atoms with van der Waals surface area (Å²) >= 11 is 0. The van der Waals surface area contributed by atoms with Gasteiger partial charge in [-0.15, -0.1) is 0 Å². The molecule has 1 aromatic rings. The zero-order valence-electron chi connectivity index (χ0n) is 14.2. The van der Waals surface area contributed by atoms with Crippen LogP contribution in [0, 0.1) is 16.0 Å². The van der Waals surface area contributed by atoms with Gasteiger partial charge in [-0.2, -0.15) is 13.2 Å². The molecule has 0 aromatic heterocycles. The molecule has 0 bridgehead atoms. The number of rotatable bonds is 3. The number of benzene rings is 1. The topological polar surface area (TPSA) is 66.7 Å². The predicted octanol–water partition coefficient (Wildman–Crippen LogP) is 3.45. The third-order valence-electron chi connectivity index (χ3n) is 5.14. The van der Waals surface area contributed by atoms with Crippen molar-refractivity contribution < 1.29 is 22.9 Å². The van der Waals surface area contributed by atoms with Crippen molar-refractivity contribution in [2.45, 2.75) is 31.9 Å². The van der Waals surface area contributed by atoms with E-state index in [9.17, 15) is 28.1 Å². The summed E-state index contributed by atoms with van der Waals surface area (Å²) < 4.78 is 38.4. The van der Waals surface area contributed by atoms with Gasteiger partial charge in [0.2, 0.25) is 5.91 Å². The molecule has 9 heteroatoms. The average molecular weight is 371 g/mol. The van der Waals surface area contributed by atoms with Crippen molar-refractivity contribution in [1.29, 1.82) is 0 Å². The molecule has 1 saturated carbocycles. The first-order valence-corrected chi connectivity index (χ1v) is 8.67. The van der Waals surface area contributed by atoms with Gasteiger partial charge in [-0.05, 0) is 25.0 Å². The third-order valence-corrected chi connectivity index (χ3v) is 5.14. The Morgan fingerprint density at radius 3 is 2.27 bits per heavy atom. The Hall–Kier alpha value is -2.32. The summed E-state index contributed by atoms with van der Waals surface area (Å²) in [5, 5.41) is 11.2. The fourth-order valence-corrected chi connectivity index (χ4v) is 3.71. The van der Waals surface area contributed by atoms with Crippen molar-refractivity contribution in [1.82, 2.24) is 4.90 Å². The van der Waals surface area contributed by atoms with Crippen LogP contribution in [0.2, 0.25) is 0 Å². The predicted molar refractivity (Wildman–Crippen MR) is 88.8 cm³/mol. The molecule has 2 aliphatic rings. The third kappa shape index (κ3) is 3.76. The van der Waals surface area contributed by atoms with Crippen LogP contribution >= 0.6 is 0 Å². The molecule has 2 fully saturated rings. The molecule has 0 atom stereocenters. The van der Waals surface area contributed by atoms with Gasteiger partial charge < -0.3 is 9.80 Å². The second-order valence-corrected chi connectivity index (χ2v) is 6.75. The van der Waals surface area contributed by atoms with E-state index in [0.29, 0.717) is 32.2 Å². The first-order chi connectivity index (χ1) is 12.3. The maximum Gasteiger partial charge on any atom is 0.416 e. The summed E-state index contributed by atoms with van der Waals surface area (Å²) in [6.07, 6.45) is -0.690. The van der Waals surface area contributed by atoms with Crippen molar-refractivity contribution >= 4 is 17.3 Å². The largest absolute Gasteiger partial charge is 0.416 e. The summed E-state index contributed by atoms with van der Waals surface area (Å²) in [5.41, 5.74) is -1.44. The maximum atomic E-state index is 12.8. The van der Waals surface area contributed by atoms with E-state index in [1.807, 2.05) is 0 Å². The Bertz CT molecular complexity index is 694. The van der Waals surface area contributed by atoms with E-state index in [4.69, 9.17) is 0 Å². The van der Waals surface area contributed by atoms with Crippen LogP contribution in [0.25, 0.3) is 0 Å². The van der Waals surface area contributed by atoms with Crippen LogP contribution in [-0.4, -0.2) is 41.9 Å². The minimum Gasteiger partial charge on any atom is -0.362 e. The van der Waals surface area contributed by atoms with Crippen LogP contribution in [-0.2, 0) is 11.0 Å². The van der Waals surface area contributed by atoms with Gasteiger partial charge in [-0.25, -0.2) is 0 Å². The monoisotopic (exact) mass is 371 g/mol. The van der Waals surface area contributed by atoms with E-state index < -0.39 is 22.4 Å². The molecule has 1 aliphatic carbocycles. The van der Waals surface area contributed by atoms with Crippen molar-refractivity contribution in [2.75, 3.05) is 31.1 Å². The molecule has 0 N–H and O–H groups in total. The highest BCUT2D eigenvalue weighted by Crippen LogP contribution is 2.37. The van der Waals surface area contributed by atoms with Gasteiger partial charge in [0, 0.05) is 38.2 Å². The number of alkyl halides is 3. The number of anilines is 1. The van der Waals surface area contributed by atoms with Crippen LogP contribution in [0.4, 0.5) is 24.5 Å². The summed E-state index contributed by atoms with van der Waals surface area (Å²) in [6, 6.07) is 2.58. The molecule has 0 spiro atoms. The molecule has 1 amide bonds. The van der Waals surface area contributed by atoms with Crippen LogP contribution < -0.4 is 4.90 Å². The van der Waals surface area contributed by atoms with Gasteiger partial charge in [-0.3, -0.25) is 14.9 Å². The lowest BCUT2D eigenvalue weighted by atomic mass is 10.1. The number of halogens is 3. The Morgan fingerprint density at radius 2 is 1.73 bits per heavy atom. The molecule has 0 radical (unpaired) electrons. The highest BCUT2D eigenvalue weighted by Gasteiger charge is 2.35. The van der Waals surface area contributed by atoms with Crippen LogP contribution in [0.1, 0.15) is 31.2 Å². The molecular weight excluding hydrogens is 351 g/mol. The lowest BCUT2D eigenvalue weighted by Gasteiger charge is -2.37. The number of carbonyl (C=O) groups excluding carboxylic acids is 1. The number of hydrogen-bond donors (Lipinski definition) is 0. The second-order valence-electron chi connectivity index (χ2n) is 6.75. The Balaban J connectivity index is 1.72. The van der Waals surface area contributed by atoms with Crippen LogP contribution in [0.3, 0.4) is 0 Å². The van der Waals surface area contributed by atoms with Gasteiger partial charge >= 0.3 is 6.18 Å². The highest BCUT2D eigenvalue weighted by molar-refractivity contribution is 5.79. The smallest absolute Gasteiger partial charge is 0.362 e. The van der Waals surface area contributed by atoms with Gasteiger partial charge in [0.15, 0.2) is 0 Å². The molecule has 1 aliphatic heterocycles. The first kappa shape index (κ1) is 18.5. The zero-order chi connectivity index (χ0) is 18.9.